The Labute approximate surface area is 160 Å². The fourth-order valence-electron chi connectivity index (χ4n) is 2.18. The summed E-state index contributed by atoms with van der Waals surface area (Å²) >= 11 is 5.74. The van der Waals surface area contributed by atoms with Crippen molar-refractivity contribution in [3.63, 3.8) is 0 Å². The minimum absolute atomic E-state index is 0.285. The van der Waals surface area contributed by atoms with Gasteiger partial charge < -0.3 is 15.4 Å². The molecule has 0 bridgehead atoms. The zero-order valence-electron chi connectivity index (χ0n) is 14.7. The molecular formula is C18H20ClF3N4O. The minimum Gasteiger partial charge on any atom is -0.492 e. The standard InChI is InChI=1S/C18H20ClF3N4O/c1-23-17(24-9-8-13-2-7-16(19)26-12-13)25-10-11-27-15-5-3-14(4-6-15)18(20,21)22/h2-7,12H,8-11H2,1H3,(H2,23,24,25). The number of hydrogen-bond acceptors (Lipinski definition) is 3. The van der Waals surface area contributed by atoms with Crippen LogP contribution in [-0.2, 0) is 12.6 Å². The number of aromatic nitrogens is 1. The highest BCUT2D eigenvalue weighted by Crippen LogP contribution is 2.30. The molecule has 0 atom stereocenters. The second kappa shape index (κ2) is 10.0. The molecule has 0 radical (unpaired) electrons. The highest BCUT2D eigenvalue weighted by atomic mass is 35.5. The van der Waals surface area contributed by atoms with Crippen LogP contribution in [-0.4, -0.2) is 37.7 Å². The van der Waals surface area contributed by atoms with Gasteiger partial charge in [0.1, 0.15) is 17.5 Å². The van der Waals surface area contributed by atoms with Crippen molar-refractivity contribution in [2.75, 3.05) is 26.7 Å². The first-order valence-electron chi connectivity index (χ1n) is 8.23. The van der Waals surface area contributed by atoms with E-state index in [1.54, 1.807) is 19.3 Å². The number of ether oxygens (including phenoxy) is 1. The fourth-order valence-corrected chi connectivity index (χ4v) is 2.29. The van der Waals surface area contributed by atoms with Crippen LogP contribution >= 0.6 is 11.6 Å². The third-order valence-corrected chi connectivity index (χ3v) is 3.79. The van der Waals surface area contributed by atoms with Crippen LogP contribution in [0.1, 0.15) is 11.1 Å². The Morgan fingerprint density at radius 1 is 1.11 bits per heavy atom. The molecule has 27 heavy (non-hydrogen) atoms. The number of guanidine groups is 1. The number of alkyl halides is 3. The van der Waals surface area contributed by atoms with Gasteiger partial charge in [-0.25, -0.2) is 4.98 Å². The number of pyridine rings is 1. The van der Waals surface area contributed by atoms with E-state index in [1.807, 2.05) is 6.07 Å². The summed E-state index contributed by atoms with van der Waals surface area (Å²) < 4.78 is 42.9. The Balaban J connectivity index is 1.66. The third-order valence-electron chi connectivity index (χ3n) is 3.56. The maximum Gasteiger partial charge on any atom is 0.416 e. The molecule has 1 heterocycles. The predicted octanol–water partition coefficient (Wildman–Crippen LogP) is 3.54. The van der Waals surface area contributed by atoms with Gasteiger partial charge in [0.15, 0.2) is 5.96 Å². The predicted molar refractivity (Wildman–Crippen MR) is 99.3 cm³/mol. The first-order chi connectivity index (χ1) is 12.9. The molecule has 2 aromatic rings. The summed E-state index contributed by atoms with van der Waals surface area (Å²) in [5.74, 6) is 0.982. The van der Waals surface area contributed by atoms with Gasteiger partial charge >= 0.3 is 6.18 Å². The lowest BCUT2D eigenvalue weighted by molar-refractivity contribution is -0.137. The molecule has 9 heteroatoms. The molecule has 2 rings (SSSR count). The van der Waals surface area contributed by atoms with Crippen LogP contribution in [0.4, 0.5) is 13.2 Å². The molecule has 1 aromatic heterocycles. The van der Waals surface area contributed by atoms with Crippen molar-refractivity contribution in [2.45, 2.75) is 12.6 Å². The summed E-state index contributed by atoms with van der Waals surface area (Å²) in [5, 5.41) is 6.68. The van der Waals surface area contributed by atoms with E-state index in [4.69, 9.17) is 16.3 Å². The number of aliphatic imine (C=N–C) groups is 1. The lowest BCUT2D eigenvalue weighted by Crippen LogP contribution is -2.40. The van der Waals surface area contributed by atoms with Crippen molar-refractivity contribution in [2.24, 2.45) is 4.99 Å². The van der Waals surface area contributed by atoms with Crippen LogP contribution in [0.5, 0.6) is 5.75 Å². The van der Waals surface area contributed by atoms with Crippen LogP contribution in [0.15, 0.2) is 47.6 Å². The highest BCUT2D eigenvalue weighted by molar-refractivity contribution is 6.29. The SMILES string of the molecule is CN=C(NCCOc1ccc(C(F)(F)F)cc1)NCCc1ccc(Cl)nc1. The van der Waals surface area contributed by atoms with Crippen molar-refractivity contribution < 1.29 is 17.9 Å². The van der Waals surface area contributed by atoms with E-state index in [9.17, 15) is 13.2 Å². The number of halogens is 4. The van der Waals surface area contributed by atoms with Crippen LogP contribution in [0.2, 0.25) is 5.15 Å². The average molecular weight is 401 g/mol. The Hall–Kier alpha value is -2.48. The van der Waals surface area contributed by atoms with Crippen molar-refractivity contribution in [3.05, 3.63) is 58.9 Å². The molecule has 2 N–H and O–H groups in total. The third kappa shape index (κ3) is 7.34. The molecule has 0 aliphatic rings. The molecule has 1 aromatic carbocycles. The fraction of sp³-hybridized carbons (Fsp3) is 0.333. The second-order valence-electron chi connectivity index (χ2n) is 5.54. The topological polar surface area (TPSA) is 58.5 Å². The van der Waals surface area contributed by atoms with Crippen molar-refractivity contribution in [3.8, 4) is 5.75 Å². The Morgan fingerprint density at radius 3 is 2.41 bits per heavy atom. The lowest BCUT2D eigenvalue weighted by Gasteiger charge is -2.13. The van der Waals surface area contributed by atoms with Crippen molar-refractivity contribution in [1.82, 2.24) is 15.6 Å². The van der Waals surface area contributed by atoms with Gasteiger partial charge in [-0.3, -0.25) is 4.99 Å². The minimum atomic E-state index is -4.35. The van der Waals surface area contributed by atoms with Crippen LogP contribution in [0, 0.1) is 0 Å². The number of hydrogen-bond donors (Lipinski definition) is 2. The van der Waals surface area contributed by atoms with Crippen molar-refractivity contribution >= 4 is 17.6 Å². The summed E-state index contributed by atoms with van der Waals surface area (Å²) in [6.07, 6.45) is -1.87. The van der Waals surface area contributed by atoms with Gasteiger partial charge in [-0.15, -0.1) is 0 Å². The lowest BCUT2D eigenvalue weighted by atomic mass is 10.2. The molecule has 0 aliphatic heterocycles. The number of nitrogens with one attached hydrogen (secondary N) is 2. The maximum atomic E-state index is 12.5. The Bertz CT molecular complexity index is 734. The first-order valence-corrected chi connectivity index (χ1v) is 8.61. The summed E-state index contributed by atoms with van der Waals surface area (Å²) in [7, 11) is 1.65. The largest absolute Gasteiger partial charge is 0.492 e. The zero-order chi connectivity index (χ0) is 19.7. The number of nitrogens with zero attached hydrogens (tertiary/aromatic N) is 2. The van der Waals surface area contributed by atoms with Crippen LogP contribution in [0.3, 0.4) is 0 Å². The summed E-state index contributed by atoms with van der Waals surface area (Å²) in [4.78, 5) is 8.11. The summed E-state index contributed by atoms with van der Waals surface area (Å²) in [5.41, 5.74) is 0.349. The Kier molecular flexibility index (Phi) is 7.72. The molecule has 0 amide bonds. The van der Waals surface area contributed by atoms with Crippen molar-refractivity contribution in [1.29, 1.82) is 0 Å². The maximum absolute atomic E-state index is 12.5. The average Bonchev–Trinajstić information content (AvgIpc) is 2.65. The monoisotopic (exact) mass is 400 g/mol. The van der Waals surface area contributed by atoms with Gasteiger partial charge in [-0.1, -0.05) is 17.7 Å². The van der Waals surface area contributed by atoms with Gasteiger partial charge in [-0.05, 0) is 42.3 Å². The number of benzene rings is 1. The highest BCUT2D eigenvalue weighted by Gasteiger charge is 2.29. The first kappa shape index (κ1) is 20.8. The molecule has 0 saturated carbocycles. The van der Waals surface area contributed by atoms with Gasteiger partial charge in [0.25, 0.3) is 0 Å². The Morgan fingerprint density at radius 2 is 1.81 bits per heavy atom. The summed E-state index contributed by atoms with van der Waals surface area (Å²) in [6, 6.07) is 8.24. The molecule has 146 valence electrons. The zero-order valence-corrected chi connectivity index (χ0v) is 15.4. The van der Waals surface area contributed by atoms with E-state index in [-0.39, 0.29) is 6.61 Å². The van der Waals surface area contributed by atoms with Crippen LogP contribution in [0.25, 0.3) is 0 Å². The van der Waals surface area contributed by atoms with E-state index < -0.39 is 11.7 Å². The smallest absolute Gasteiger partial charge is 0.416 e. The molecule has 0 saturated heterocycles. The molecule has 0 unspecified atom stereocenters. The van der Waals surface area contributed by atoms with E-state index in [0.29, 0.717) is 30.0 Å². The van der Waals surface area contributed by atoms with Gasteiger partial charge in [-0.2, -0.15) is 13.2 Å². The normalized spacial score (nSPS) is 12.0. The van der Waals surface area contributed by atoms with E-state index in [1.165, 1.54) is 12.1 Å². The molecule has 0 aliphatic carbocycles. The molecule has 0 spiro atoms. The quantitative estimate of drug-likeness (QED) is 0.323. The molecule has 0 fully saturated rings. The van der Waals surface area contributed by atoms with Gasteiger partial charge in [0, 0.05) is 19.8 Å². The van der Waals surface area contributed by atoms with Gasteiger partial charge in [0.05, 0.1) is 12.1 Å². The number of rotatable bonds is 7. The van der Waals surface area contributed by atoms with E-state index in [0.717, 1.165) is 24.1 Å². The van der Waals surface area contributed by atoms with Gasteiger partial charge in [0.2, 0.25) is 0 Å². The van der Waals surface area contributed by atoms with E-state index >= 15 is 0 Å². The molecule has 5 nitrogen and oxygen atoms in total. The van der Waals surface area contributed by atoms with E-state index in [2.05, 4.69) is 20.6 Å². The summed E-state index contributed by atoms with van der Waals surface area (Å²) in [6.45, 7) is 1.39. The molecular weight excluding hydrogens is 381 g/mol. The van der Waals surface area contributed by atoms with Crippen LogP contribution < -0.4 is 15.4 Å². The second-order valence-corrected chi connectivity index (χ2v) is 5.92.